The summed E-state index contributed by atoms with van der Waals surface area (Å²) >= 11 is 6.00. The van der Waals surface area contributed by atoms with E-state index < -0.39 is 17.8 Å². The molecule has 0 bridgehead atoms. The minimum absolute atomic E-state index is 0.169. The van der Waals surface area contributed by atoms with Gasteiger partial charge in [0.2, 0.25) is 0 Å². The number of nitrogens with two attached hydrogens (primary N) is 1. The van der Waals surface area contributed by atoms with Gasteiger partial charge >= 0.3 is 6.18 Å². The molecular formula is C13H16ClF3N2. The van der Waals surface area contributed by atoms with Crippen LogP contribution in [-0.4, -0.2) is 13.1 Å². The van der Waals surface area contributed by atoms with E-state index in [4.69, 9.17) is 17.3 Å². The van der Waals surface area contributed by atoms with Crippen LogP contribution < -0.4 is 11.1 Å². The Kier molecular flexibility index (Phi) is 4.38. The van der Waals surface area contributed by atoms with E-state index in [0.29, 0.717) is 10.6 Å². The van der Waals surface area contributed by atoms with Crippen molar-refractivity contribution in [2.75, 3.05) is 13.1 Å². The maximum atomic E-state index is 12.7. The molecule has 6 heteroatoms. The van der Waals surface area contributed by atoms with Crippen LogP contribution in [0.4, 0.5) is 13.2 Å². The monoisotopic (exact) mass is 292 g/mol. The first-order chi connectivity index (χ1) is 8.89. The molecule has 1 aliphatic heterocycles. The predicted molar refractivity (Wildman–Crippen MR) is 69.0 cm³/mol. The molecule has 0 saturated carbocycles. The van der Waals surface area contributed by atoms with Crippen molar-refractivity contribution in [2.24, 2.45) is 11.7 Å². The molecule has 0 aliphatic carbocycles. The number of alkyl halides is 3. The largest absolute Gasteiger partial charge is 0.416 e. The average molecular weight is 293 g/mol. The minimum atomic E-state index is -4.37. The van der Waals surface area contributed by atoms with Gasteiger partial charge in [-0.2, -0.15) is 13.2 Å². The van der Waals surface area contributed by atoms with Gasteiger partial charge in [0.05, 0.1) is 5.56 Å². The van der Waals surface area contributed by atoms with Gasteiger partial charge in [0, 0.05) is 11.1 Å². The van der Waals surface area contributed by atoms with E-state index in [0.717, 1.165) is 38.1 Å². The maximum Gasteiger partial charge on any atom is 0.416 e. The maximum absolute atomic E-state index is 12.7. The number of hydrogen-bond donors (Lipinski definition) is 2. The SMILES string of the molecule is N[C@@H](c1cc(C(F)(F)F)ccc1Cl)C1CCNCC1. The zero-order valence-corrected chi connectivity index (χ0v) is 11.1. The van der Waals surface area contributed by atoms with Crippen molar-refractivity contribution >= 4 is 11.6 Å². The smallest absolute Gasteiger partial charge is 0.324 e. The zero-order valence-electron chi connectivity index (χ0n) is 10.3. The number of rotatable bonds is 2. The first-order valence-electron chi connectivity index (χ1n) is 6.22. The molecule has 2 nitrogen and oxygen atoms in total. The Morgan fingerprint density at radius 3 is 2.47 bits per heavy atom. The number of halogens is 4. The summed E-state index contributed by atoms with van der Waals surface area (Å²) in [5.41, 5.74) is 5.80. The van der Waals surface area contributed by atoms with Gasteiger partial charge in [-0.05, 0) is 55.6 Å². The van der Waals surface area contributed by atoms with Crippen molar-refractivity contribution < 1.29 is 13.2 Å². The molecule has 3 N–H and O–H groups in total. The van der Waals surface area contributed by atoms with Gasteiger partial charge in [-0.3, -0.25) is 0 Å². The van der Waals surface area contributed by atoms with Crippen LogP contribution in [0.2, 0.25) is 5.02 Å². The van der Waals surface area contributed by atoms with Crippen LogP contribution in [0.1, 0.15) is 30.0 Å². The number of nitrogens with one attached hydrogen (secondary N) is 1. The van der Waals surface area contributed by atoms with Crippen LogP contribution in [0.15, 0.2) is 18.2 Å². The molecule has 1 heterocycles. The van der Waals surface area contributed by atoms with Gasteiger partial charge in [0.1, 0.15) is 0 Å². The second-order valence-electron chi connectivity index (χ2n) is 4.85. The molecule has 0 spiro atoms. The zero-order chi connectivity index (χ0) is 14.0. The van der Waals surface area contributed by atoms with Crippen molar-refractivity contribution in [2.45, 2.75) is 25.1 Å². The van der Waals surface area contributed by atoms with Gasteiger partial charge in [-0.25, -0.2) is 0 Å². The molecule has 0 aromatic heterocycles. The molecule has 1 saturated heterocycles. The summed E-state index contributed by atoms with van der Waals surface area (Å²) in [6.45, 7) is 1.68. The van der Waals surface area contributed by atoms with E-state index in [1.165, 1.54) is 6.07 Å². The van der Waals surface area contributed by atoms with Crippen molar-refractivity contribution in [1.82, 2.24) is 5.32 Å². The molecule has 1 aromatic rings. The fraction of sp³-hybridized carbons (Fsp3) is 0.538. The third kappa shape index (κ3) is 3.41. The van der Waals surface area contributed by atoms with Crippen molar-refractivity contribution in [3.8, 4) is 0 Å². The van der Waals surface area contributed by atoms with Crippen LogP contribution >= 0.6 is 11.6 Å². The van der Waals surface area contributed by atoms with Crippen molar-refractivity contribution in [3.63, 3.8) is 0 Å². The molecule has 0 radical (unpaired) electrons. The highest BCUT2D eigenvalue weighted by atomic mass is 35.5. The summed E-state index contributed by atoms with van der Waals surface area (Å²) in [5, 5.41) is 3.51. The minimum Gasteiger partial charge on any atom is -0.324 e. The number of hydrogen-bond acceptors (Lipinski definition) is 2. The van der Waals surface area contributed by atoms with Gasteiger partial charge in [-0.15, -0.1) is 0 Å². The second-order valence-corrected chi connectivity index (χ2v) is 5.25. The normalized spacial score (nSPS) is 19.4. The molecule has 1 aromatic carbocycles. The van der Waals surface area contributed by atoms with E-state index >= 15 is 0 Å². The summed E-state index contributed by atoms with van der Waals surface area (Å²) in [5.74, 6) is 0.169. The van der Waals surface area contributed by atoms with E-state index in [2.05, 4.69) is 5.32 Å². The van der Waals surface area contributed by atoms with Crippen LogP contribution in [0.25, 0.3) is 0 Å². The summed E-state index contributed by atoms with van der Waals surface area (Å²) in [7, 11) is 0. The molecule has 1 aliphatic rings. The summed E-state index contributed by atoms with van der Waals surface area (Å²) in [6.07, 6.45) is -2.66. The molecule has 1 atom stereocenters. The molecule has 106 valence electrons. The third-order valence-corrected chi connectivity index (χ3v) is 3.92. The first-order valence-corrected chi connectivity index (χ1v) is 6.60. The van der Waals surface area contributed by atoms with Crippen molar-refractivity contribution in [1.29, 1.82) is 0 Å². The topological polar surface area (TPSA) is 38.0 Å². The van der Waals surface area contributed by atoms with E-state index in [9.17, 15) is 13.2 Å². The lowest BCUT2D eigenvalue weighted by molar-refractivity contribution is -0.137. The van der Waals surface area contributed by atoms with E-state index in [1.54, 1.807) is 0 Å². The van der Waals surface area contributed by atoms with Crippen LogP contribution in [0.5, 0.6) is 0 Å². The Bertz CT molecular complexity index is 442. The Hall–Kier alpha value is -0.780. The summed E-state index contributed by atoms with van der Waals surface area (Å²) < 4.78 is 38.1. The van der Waals surface area contributed by atoms with E-state index in [1.807, 2.05) is 0 Å². The fourth-order valence-corrected chi connectivity index (χ4v) is 2.68. The average Bonchev–Trinajstić information content (AvgIpc) is 2.38. The molecule has 1 fully saturated rings. The Labute approximate surface area is 115 Å². The molecule has 19 heavy (non-hydrogen) atoms. The lowest BCUT2D eigenvalue weighted by Crippen LogP contribution is -2.34. The third-order valence-electron chi connectivity index (χ3n) is 3.57. The Balaban J connectivity index is 2.27. The quantitative estimate of drug-likeness (QED) is 0.877. The lowest BCUT2D eigenvalue weighted by atomic mass is 9.86. The lowest BCUT2D eigenvalue weighted by Gasteiger charge is -2.29. The molecule has 2 rings (SSSR count). The first kappa shape index (κ1) is 14.6. The molecule has 0 unspecified atom stereocenters. The van der Waals surface area contributed by atoms with Gasteiger partial charge in [0.25, 0.3) is 0 Å². The van der Waals surface area contributed by atoms with Crippen LogP contribution in [0.3, 0.4) is 0 Å². The van der Waals surface area contributed by atoms with Crippen LogP contribution in [0, 0.1) is 5.92 Å². The number of benzene rings is 1. The van der Waals surface area contributed by atoms with Crippen molar-refractivity contribution in [3.05, 3.63) is 34.3 Å². The molecule has 0 amide bonds. The van der Waals surface area contributed by atoms with Gasteiger partial charge in [0.15, 0.2) is 0 Å². The summed E-state index contributed by atoms with van der Waals surface area (Å²) in [4.78, 5) is 0. The highest BCUT2D eigenvalue weighted by Crippen LogP contribution is 2.36. The van der Waals surface area contributed by atoms with Gasteiger partial charge in [-0.1, -0.05) is 11.6 Å². The van der Waals surface area contributed by atoms with Gasteiger partial charge < -0.3 is 11.1 Å². The number of piperidine rings is 1. The Morgan fingerprint density at radius 2 is 1.89 bits per heavy atom. The van der Waals surface area contributed by atoms with E-state index in [-0.39, 0.29) is 5.92 Å². The second kappa shape index (κ2) is 5.69. The fourth-order valence-electron chi connectivity index (χ4n) is 2.43. The standard InChI is InChI=1S/C13H16ClF3N2/c14-11-2-1-9(13(15,16)17)7-10(11)12(18)8-3-5-19-6-4-8/h1-2,7-8,12,19H,3-6,18H2/t12-/m1/s1. The molecular weight excluding hydrogens is 277 g/mol. The highest BCUT2D eigenvalue weighted by molar-refractivity contribution is 6.31. The van der Waals surface area contributed by atoms with Crippen LogP contribution in [-0.2, 0) is 6.18 Å². The Morgan fingerprint density at radius 1 is 1.26 bits per heavy atom. The summed E-state index contributed by atoms with van der Waals surface area (Å²) in [6, 6.07) is 2.90. The predicted octanol–water partition coefficient (Wildman–Crippen LogP) is 3.36. The highest BCUT2D eigenvalue weighted by Gasteiger charge is 2.32.